The van der Waals surface area contributed by atoms with Gasteiger partial charge in [0.15, 0.2) is 5.58 Å². The number of thioether (sulfide) groups is 1. The zero-order chi connectivity index (χ0) is 12.2. The summed E-state index contributed by atoms with van der Waals surface area (Å²) >= 11 is 1.72. The van der Waals surface area contributed by atoms with Crippen molar-refractivity contribution < 1.29 is 4.42 Å². The number of nitrogens with zero attached hydrogens (tertiary/aromatic N) is 1. The Labute approximate surface area is 111 Å². The molecule has 0 aliphatic carbocycles. The van der Waals surface area contributed by atoms with E-state index >= 15 is 0 Å². The lowest BCUT2D eigenvalue weighted by Gasteiger charge is -2.08. The molecule has 1 aromatic carbocycles. The molecule has 1 N–H and O–H groups in total. The minimum Gasteiger partial charge on any atom is -0.431 e. The van der Waals surface area contributed by atoms with E-state index in [0.29, 0.717) is 0 Å². The molecule has 2 heterocycles. The van der Waals surface area contributed by atoms with Gasteiger partial charge in [0, 0.05) is 11.8 Å². The molecular formula is C14H18N2OS. The Hall–Kier alpha value is -1.00. The van der Waals surface area contributed by atoms with Crippen LogP contribution in [0.3, 0.4) is 0 Å². The number of rotatable bonds is 5. The minimum absolute atomic E-state index is 0.745. The zero-order valence-electron chi connectivity index (χ0n) is 10.4. The lowest BCUT2D eigenvalue weighted by atomic mass is 10.1. The first-order valence-corrected chi connectivity index (χ1v) is 7.62. The predicted molar refractivity (Wildman–Crippen MR) is 75.0 cm³/mol. The molecule has 1 unspecified atom stereocenters. The van der Waals surface area contributed by atoms with E-state index in [1.807, 2.05) is 24.3 Å². The van der Waals surface area contributed by atoms with E-state index in [1.165, 1.54) is 32.2 Å². The van der Waals surface area contributed by atoms with Crippen molar-refractivity contribution in [1.82, 2.24) is 10.3 Å². The highest BCUT2D eigenvalue weighted by molar-refractivity contribution is 7.99. The number of benzene rings is 1. The van der Waals surface area contributed by atoms with Crippen molar-refractivity contribution in [3.05, 3.63) is 24.3 Å². The first-order valence-electron chi connectivity index (χ1n) is 6.63. The van der Waals surface area contributed by atoms with Gasteiger partial charge in [0.1, 0.15) is 5.52 Å². The van der Waals surface area contributed by atoms with Crippen LogP contribution >= 0.6 is 11.8 Å². The average Bonchev–Trinajstić information content (AvgIpc) is 3.03. The molecule has 4 heteroatoms. The third-order valence-electron chi connectivity index (χ3n) is 3.36. The van der Waals surface area contributed by atoms with E-state index in [0.717, 1.165) is 28.1 Å². The van der Waals surface area contributed by atoms with Crippen molar-refractivity contribution in [1.29, 1.82) is 0 Å². The van der Waals surface area contributed by atoms with Crippen LogP contribution in [0.25, 0.3) is 11.1 Å². The predicted octanol–water partition coefficient (Wildman–Crippen LogP) is 3.45. The van der Waals surface area contributed by atoms with Crippen molar-refractivity contribution >= 4 is 22.9 Å². The second kappa shape index (κ2) is 5.76. The van der Waals surface area contributed by atoms with Crippen LogP contribution in [0.2, 0.25) is 0 Å². The third-order valence-corrected chi connectivity index (χ3v) is 4.27. The van der Waals surface area contributed by atoms with Gasteiger partial charge in [0.25, 0.3) is 5.22 Å². The monoisotopic (exact) mass is 262 g/mol. The maximum atomic E-state index is 5.68. The van der Waals surface area contributed by atoms with Crippen LogP contribution in [0.15, 0.2) is 33.9 Å². The topological polar surface area (TPSA) is 38.1 Å². The highest BCUT2D eigenvalue weighted by Crippen LogP contribution is 2.24. The lowest BCUT2D eigenvalue weighted by molar-refractivity contribution is 0.488. The first-order chi connectivity index (χ1) is 8.92. The third kappa shape index (κ3) is 2.87. The SMILES string of the molecule is c1ccc2oc(SCCCC3CCCN3)nc2c1. The molecule has 1 saturated heterocycles. The highest BCUT2D eigenvalue weighted by atomic mass is 32.2. The Kier molecular flexibility index (Phi) is 3.86. The molecule has 18 heavy (non-hydrogen) atoms. The summed E-state index contributed by atoms with van der Waals surface area (Å²) in [5.74, 6) is 1.09. The van der Waals surface area contributed by atoms with Gasteiger partial charge in [-0.15, -0.1) is 0 Å². The number of nitrogens with one attached hydrogen (secondary N) is 1. The average molecular weight is 262 g/mol. The quantitative estimate of drug-likeness (QED) is 0.661. The fraction of sp³-hybridized carbons (Fsp3) is 0.500. The molecule has 96 valence electrons. The molecule has 3 nitrogen and oxygen atoms in total. The van der Waals surface area contributed by atoms with Gasteiger partial charge in [0.05, 0.1) is 0 Å². The largest absolute Gasteiger partial charge is 0.431 e. The van der Waals surface area contributed by atoms with E-state index < -0.39 is 0 Å². The molecule has 2 aromatic rings. The van der Waals surface area contributed by atoms with Gasteiger partial charge in [-0.05, 0) is 44.4 Å². The number of para-hydroxylation sites is 2. The molecular weight excluding hydrogens is 244 g/mol. The Morgan fingerprint density at radius 1 is 1.39 bits per heavy atom. The van der Waals surface area contributed by atoms with Crippen LogP contribution in [0.4, 0.5) is 0 Å². The second-order valence-corrected chi connectivity index (χ2v) is 5.78. The van der Waals surface area contributed by atoms with Gasteiger partial charge in [-0.1, -0.05) is 23.9 Å². The van der Waals surface area contributed by atoms with Crippen LogP contribution in [-0.4, -0.2) is 23.3 Å². The van der Waals surface area contributed by atoms with Crippen molar-refractivity contribution in [2.75, 3.05) is 12.3 Å². The van der Waals surface area contributed by atoms with E-state index in [2.05, 4.69) is 10.3 Å². The van der Waals surface area contributed by atoms with Gasteiger partial charge in [-0.25, -0.2) is 4.98 Å². The fourth-order valence-electron chi connectivity index (χ4n) is 2.41. The van der Waals surface area contributed by atoms with Crippen LogP contribution in [-0.2, 0) is 0 Å². The molecule has 1 aromatic heterocycles. The number of hydrogen-bond acceptors (Lipinski definition) is 4. The molecule has 0 spiro atoms. The molecule has 1 atom stereocenters. The fourth-order valence-corrected chi connectivity index (χ4v) is 3.20. The molecule has 3 rings (SSSR count). The Balaban J connectivity index is 1.47. The van der Waals surface area contributed by atoms with Gasteiger partial charge >= 0.3 is 0 Å². The van der Waals surface area contributed by atoms with Gasteiger partial charge in [0.2, 0.25) is 0 Å². The van der Waals surface area contributed by atoms with Crippen molar-refractivity contribution in [2.45, 2.75) is 36.9 Å². The van der Waals surface area contributed by atoms with Gasteiger partial charge in [-0.2, -0.15) is 0 Å². The Morgan fingerprint density at radius 3 is 3.17 bits per heavy atom. The molecule has 0 saturated carbocycles. The van der Waals surface area contributed by atoms with E-state index in [9.17, 15) is 0 Å². The maximum absolute atomic E-state index is 5.68. The molecule has 1 aliphatic rings. The van der Waals surface area contributed by atoms with Crippen LogP contribution in [0.5, 0.6) is 0 Å². The summed E-state index contributed by atoms with van der Waals surface area (Å²) in [5.41, 5.74) is 1.84. The van der Waals surface area contributed by atoms with E-state index in [-0.39, 0.29) is 0 Å². The van der Waals surface area contributed by atoms with Crippen LogP contribution in [0, 0.1) is 0 Å². The van der Waals surface area contributed by atoms with E-state index in [1.54, 1.807) is 11.8 Å². The van der Waals surface area contributed by atoms with Crippen molar-refractivity contribution in [3.8, 4) is 0 Å². The molecule has 1 fully saturated rings. The Bertz CT molecular complexity index is 472. The van der Waals surface area contributed by atoms with Crippen LogP contribution < -0.4 is 5.32 Å². The number of hydrogen-bond donors (Lipinski definition) is 1. The van der Waals surface area contributed by atoms with Gasteiger partial charge < -0.3 is 9.73 Å². The summed E-state index contributed by atoms with van der Waals surface area (Å²) in [6.45, 7) is 1.20. The highest BCUT2D eigenvalue weighted by Gasteiger charge is 2.13. The first kappa shape index (κ1) is 12.1. The smallest absolute Gasteiger partial charge is 0.256 e. The normalized spacial score (nSPS) is 19.7. The summed E-state index contributed by atoms with van der Waals surface area (Å²) in [4.78, 5) is 4.46. The Morgan fingerprint density at radius 2 is 2.33 bits per heavy atom. The molecule has 0 amide bonds. The number of fused-ring (bicyclic) bond motifs is 1. The summed E-state index contributed by atoms with van der Waals surface area (Å²) in [6, 6.07) is 8.67. The summed E-state index contributed by atoms with van der Waals surface area (Å²) in [6.07, 6.45) is 5.17. The summed E-state index contributed by atoms with van der Waals surface area (Å²) in [5, 5.41) is 4.33. The van der Waals surface area contributed by atoms with Crippen molar-refractivity contribution in [2.24, 2.45) is 0 Å². The number of aromatic nitrogens is 1. The maximum Gasteiger partial charge on any atom is 0.256 e. The lowest BCUT2D eigenvalue weighted by Crippen LogP contribution is -2.20. The minimum atomic E-state index is 0.745. The summed E-state index contributed by atoms with van der Waals surface area (Å²) in [7, 11) is 0. The number of oxazole rings is 1. The van der Waals surface area contributed by atoms with Crippen LogP contribution in [0.1, 0.15) is 25.7 Å². The molecule has 0 bridgehead atoms. The second-order valence-electron chi connectivity index (χ2n) is 4.73. The molecule has 1 aliphatic heterocycles. The van der Waals surface area contributed by atoms with E-state index in [4.69, 9.17) is 4.42 Å². The molecule has 0 radical (unpaired) electrons. The zero-order valence-corrected chi connectivity index (χ0v) is 11.2. The van der Waals surface area contributed by atoms with Gasteiger partial charge in [-0.3, -0.25) is 0 Å². The standard InChI is InChI=1S/C14H18N2OS/c1-2-8-13-12(7-1)16-14(17-13)18-10-4-6-11-5-3-9-15-11/h1-2,7-8,11,15H,3-6,9-10H2. The van der Waals surface area contributed by atoms with Crippen molar-refractivity contribution in [3.63, 3.8) is 0 Å². The summed E-state index contributed by atoms with van der Waals surface area (Å²) < 4.78 is 5.68.